The predicted molar refractivity (Wildman–Crippen MR) is 94.3 cm³/mol. The first-order valence-electron chi connectivity index (χ1n) is 8.40. The number of carboxylic acid groups (broad SMARTS) is 1. The number of rotatable bonds is 6. The molecular formula is C19H23N3O2. The molecule has 1 atom stereocenters. The third-order valence-corrected chi connectivity index (χ3v) is 4.63. The maximum Gasteiger partial charge on any atom is 0.339 e. The number of carbonyl (C=O) groups is 1. The van der Waals surface area contributed by atoms with Gasteiger partial charge < -0.3 is 10.0 Å². The Morgan fingerprint density at radius 3 is 2.79 bits per heavy atom. The fourth-order valence-corrected chi connectivity index (χ4v) is 3.37. The monoisotopic (exact) mass is 325 g/mol. The molecule has 1 N–H and O–H groups in total. The van der Waals surface area contributed by atoms with Crippen molar-refractivity contribution in [1.82, 2.24) is 9.88 Å². The van der Waals surface area contributed by atoms with Gasteiger partial charge >= 0.3 is 5.97 Å². The Kier molecular flexibility index (Phi) is 5.11. The fourth-order valence-electron chi connectivity index (χ4n) is 3.37. The zero-order valence-electron chi connectivity index (χ0n) is 13.9. The maximum atomic E-state index is 11.4. The van der Waals surface area contributed by atoms with Crippen LogP contribution < -0.4 is 4.90 Å². The SMILES string of the molecule is CCN(Cc1ccccc1)C1CCN(c2ncccc2C(=O)O)C1. The lowest BCUT2D eigenvalue weighted by Crippen LogP contribution is -2.37. The highest BCUT2D eigenvalue weighted by Gasteiger charge is 2.29. The van der Waals surface area contributed by atoms with E-state index in [-0.39, 0.29) is 5.56 Å². The third-order valence-electron chi connectivity index (χ3n) is 4.63. The van der Waals surface area contributed by atoms with Crippen molar-refractivity contribution in [1.29, 1.82) is 0 Å². The summed E-state index contributed by atoms with van der Waals surface area (Å²) in [6.07, 6.45) is 2.69. The summed E-state index contributed by atoms with van der Waals surface area (Å²) in [7, 11) is 0. The Balaban J connectivity index is 1.71. The van der Waals surface area contributed by atoms with Crippen molar-refractivity contribution in [2.45, 2.75) is 25.9 Å². The average Bonchev–Trinajstić information content (AvgIpc) is 3.10. The number of nitrogens with zero attached hydrogens (tertiary/aromatic N) is 3. The van der Waals surface area contributed by atoms with Crippen LogP contribution in [0, 0.1) is 0 Å². The van der Waals surface area contributed by atoms with Crippen LogP contribution in [0.25, 0.3) is 0 Å². The second-order valence-corrected chi connectivity index (χ2v) is 6.12. The summed E-state index contributed by atoms with van der Waals surface area (Å²) in [6.45, 7) is 5.73. The number of hydrogen-bond acceptors (Lipinski definition) is 4. The van der Waals surface area contributed by atoms with E-state index in [4.69, 9.17) is 0 Å². The molecule has 0 amide bonds. The van der Waals surface area contributed by atoms with Gasteiger partial charge in [-0.1, -0.05) is 37.3 Å². The van der Waals surface area contributed by atoms with E-state index in [0.717, 1.165) is 32.6 Å². The van der Waals surface area contributed by atoms with Crippen LogP contribution in [0.3, 0.4) is 0 Å². The number of anilines is 1. The molecule has 0 bridgehead atoms. The minimum atomic E-state index is -0.918. The van der Waals surface area contributed by atoms with Gasteiger partial charge in [0.2, 0.25) is 0 Å². The van der Waals surface area contributed by atoms with Gasteiger partial charge in [0.1, 0.15) is 11.4 Å². The van der Waals surface area contributed by atoms with Crippen molar-refractivity contribution in [3.05, 3.63) is 59.8 Å². The number of benzene rings is 1. The predicted octanol–water partition coefficient (Wildman–Crippen LogP) is 2.88. The zero-order valence-corrected chi connectivity index (χ0v) is 13.9. The lowest BCUT2D eigenvalue weighted by Gasteiger charge is -2.28. The molecule has 3 rings (SSSR count). The average molecular weight is 325 g/mol. The first-order valence-corrected chi connectivity index (χ1v) is 8.40. The molecule has 1 aromatic heterocycles. The summed E-state index contributed by atoms with van der Waals surface area (Å²) in [4.78, 5) is 20.3. The zero-order chi connectivity index (χ0) is 16.9. The Labute approximate surface area is 142 Å². The Bertz CT molecular complexity index is 690. The molecule has 1 fully saturated rings. The number of likely N-dealkylation sites (N-methyl/N-ethyl adjacent to an activating group) is 1. The van der Waals surface area contributed by atoms with Gasteiger partial charge in [-0.2, -0.15) is 0 Å². The van der Waals surface area contributed by atoms with Gasteiger partial charge in [0.25, 0.3) is 0 Å². The fraction of sp³-hybridized carbons (Fsp3) is 0.368. The quantitative estimate of drug-likeness (QED) is 0.885. The van der Waals surface area contributed by atoms with Crippen molar-refractivity contribution in [3.63, 3.8) is 0 Å². The third kappa shape index (κ3) is 3.57. The standard InChI is InChI=1S/C19H23N3O2/c1-2-21(13-15-7-4-3-5-8-15)16-10-12-22(14-16)18-17(19(23)24)9-6-11-20-18/h3-9,11,16H,2,10,12-14H2,1H3,(H,23,24). The number of pyridine rings is 1. The normalized spacial score (nSPS) is 17.4. The van der Waals surface area contributed by atoms with Crippen LogP contribution in [0.1, 0.15) is 29.3 Å². The van der Waals surface area contributed by atoms with E-state index in [2.05, 4.69) is 46.0 Å². The number of aromatic carboxylic acids is 1. The van der Waals surface area contributed by atoms with E-state index in [1.54, 1.807) is 18.3 Å². The van der Waals surface area contributed by atoms with Crippen LogP contribution in [-0.4, -0.2) is 46.6 Å². The van der Waals surface area contributed by atoms with Gasteiger partial charge in [-0.3, -0.25) is 4.90 Å². The molecule has 2 aromatic rings. The number of aromatic nitrogens is 1. The van der Waals surface area contributed by atoms with E-state index in [1.807, 2.05) is 6.07 Å². The molecule has 2 heterocycles. The summed E-state index contributed by atoms with van der Waals surface area (Å²) < 4.78 is 0. The summed E-state index contributed by atoms with van der Waals surface area (Å²) in [6, 6.07) is 14.2. The van der Waals surface area contributed by atoms with Gasteiger partial charge in [-0.05, 0) is 30.7 Å². The molecule has 5 heteroatoms. The summed E-state index contributed by atoms with van der Waals surface area (Å²) >= 11 is 0. The van der Waals surface area contributed by atoms with Crippen LogP contribution in [0.15, 0.2) is 48.7 Å². The molecule has 1 unspecified atom stereocenters. The van der Waals surface area contributed by atoms with Crippen molar-refractivity contribution in [2.24, 2.45) is 0 Å². The van der Waals surface area contributed by atoms with Crippen LogP contribution >= 0.6 is 0 Å². The van der Waals surface area contributed by atoms with Crippen LogP contribution in [-0.2, 0) is 6.54 Å². The molecule has 1 saturated heterocycles. The molecule has 5 nitrogen and oxygen atoms in total. The largest absolute Gasteiger partial charge is 0.478 e. The van der Waals surface area contributed by atoms with Gasteiger partial charge in [0.15, 0.2) is 0 Å². The molecule has 0 saturated carbocycles. The van der Waals surface area contributed by atoms with Crippen LogP contribution in [0.4, 0.5) is 5.82 Å². The van der Waals surface area contributed by atoms with E-state index in [1.165, 1.54) is 5.56 Å². The molecule has 0 spiro atoms. The van der Waals surface area contributed by atoms with Crippen LogP contribution in [0.5, 0.6) is 0 Å². The van der Waals surface area contributed by atoms with Gasteiger partial charge in [-0.15, -0.1) is 0 Å². The van der Waals surface area contributed by atoms with Gasteiger partial charge in [0, 0.05) is 31.9 Å². The molecule has 126 valence electrons. The summed E-state index contributed by atoms with van der Waals surface area (Å²) in [5, 5.41) is 9.37. The smallest absolute Gasteiger partial charge is 0.339 e. The highest BCUT2D eigenvalue weighted by Crippen LogP contribution is 2.25. The molecule has 24 heavy (non-hydrogen) atoms. The molecule has 0 radical (unpaired) electrons. The maximum absolute atomic E-state index is 11.4. The van der Waals surface area contributed by atoms with E-state index in [0.29, 0.717) is 11.9 Å². The highest BCUT2D eigenvalue weighted by molar-refractivity contribution is 5.93. The highest BCUT2D eigenvalue weighted by atomic mass is 16.4. The van der Waals surface area contributed by atoms with Crippen molar-refractivity contribution in [2.75, 3.05) is 24.5 Å². The second kappa shape index (κ2) is 7.45. The lowest BCUT2D eigenvalue weighted by atomic mass is 10.1. The number of hydrogen-bond donors (Lipinski definition) is 1. The first kappa shape index (κ1) is 16.5. The topological polar surface area (TPSA) is 56.7 Å². The van der Waals surface area contributed by atoms with Gasteiger partial charge in [0.05, 0.1) is 0 Å². The van der Waals surface area contributed by atoms with Crippen LogP contribution in [0.2, 0.25) is 0 Å². The molecular weight excluding hydrogens is 302 g/mol. The first-order chi connectivity index (χ1) is 11.7. The van der Waals surface area contributed by atoms with Crippen molar-refractivity contribution < 1.29 is 9.90 Å². The molecule has 1 aromatic carbocycles. The summed E-state index contributed by atoms with van der Waals surface area (Å²) in [5.74, 6) is -0.332. The number of carboxylic acids is 1. The Morgan fingerprint density at radius 1 is 1.29 bits per heavy atom. The van der Waals surface area contributed by atoms with E-state index in [9.17, 15) is 9.90 Å². The molecule has 1 aliphatic rings. The van der Waals surface area contributed by atoms with E-state index < -0.39 is 5.97 Å². The second-order valence-electron chi connectivity index (χ2n) is 6.12. The lowest BCUT2D eigenvalue weighted by molar-refractivity contribution is 0.0697. The minimum absolute atomic E-state index is 0.282. The minimum Gasteiger partial charge on any atom is -0.478 e. The van der Waals surface area contributed by atoms with Crippen molar-refractivity contribution in [3.8, 4) is 0 Å². The Morgan fingerprint density at radius 2 is 2.08 bits per heavy atom. The Hall–Kier alpha value is -2.40. The summed E-state index contributed by atoms with van der Waals surface area (Å²) in [5.41, 5.74) is 1.59. The molecule has 1 aliphatic heterocycles. The molecule has 0 aliphatic carbocycles. The van der Waals surface area contributed by atoms with Crippen molar-refractivity contribution >= 4 is 11.8 Å². The van der Waals surface area contributed by atoms with E-state index >= 15 is 0 Å². The van der Waals surface area contributed by atoms with Gasteiger partial charge in [-0.25, -0.2) is 9.78 Å².